The van der Waals surface area contributed by atoms with Crippen LogP contribution in [0.2, 0.25) is 0 Å². The van der Waals surface area contributed by atoms with Crippen molar-refractivity contribution in [3.05, 3.63) is 78.4 Å². The van der Waals surface area contributed by atoms with Crippen LogP contribution in [0, 0.1) is 0 Å². The number of rotatable bonds is 9. The molecule has 29 heavy (non-hydrogen) atoms. The maximum atomic E-state index is 10.4. The Bertz CT molecular complexity index is 707. The first-order chi connectivity index (χ1) is 13.2. The van der Waals surface area contributed by atoms with Crippen molar-refractivity contribution in [3.63, 3.8) is 0 Å². The summed E-state index contributed by atoms with van der Waals surface area (Å²) in [7, 11) is 0. The largest absolute Gasteiger partial charge is 1.00 e. The van der Waals surface area contributed by atoms with Gasteiger partial charge in [-0.2, -0.15) is 0 Å². The molecule has 0 bridgehead atoms. The molecule has 160 valence electrons. The average molecular weight is 437 g/mol. The smallest absolute Gasteiger partial charge is 0.122 e. The Morgan fingerprint density at radius 3 is 2.24 bits per heavy atom. The van der Waals surface area contributed by atoms with Crippen LogP contribution in [0.15, 0.2) is 67.3 Å². The molecule has 3 rings (SSSR count). The molecule has 6 heteroatoms. The highest BCUT2D eigenvalue weighted by molar-refractivity contribution is 5.34. The summed E-state index contributed by atoms with van der Waals surface area (Å²) in [5.41, 5.74) is 2.46. The predicted molar refractivity (Wildman–Crippen MR) is 110 cm³/mol. The van der Waals surface area contributed by atoms with Gasteiger partial charge >= 0.3 is 0 Å². The van der Waals surface area contributed by atoms with Crippen LogP contribution >= 0.6 is 0 Å². The molecule has 1 fully saturated rings. The zero-order valence-corrected chi connectivity index (χ0v) is 18.2. The third-order valence-corrected chi connectivity index (χ3v) is 4.95. The summed E-state index contributed by atoms with van der Waals surface area (Å²) < 4.78 is 5.86. The van der Waals surface area contributed by atoms with Crippen LogP contribution in [-0.2, 0) is 13.0 Å². The van der Waals surface area contributed by atoms with Gasteiger partial charge in [-0.3, -0.25) is 9.80 Å². The van der Waals surface area contributed by atoms with Crippen LogP contribution in [0.4, 0.5) is 0 Å². The monoisotopic (exact) mass is 436 g/mol. The Labute approximate surface area is 187 Å². The number of aliphatic hydroxyl groups excluding tert-OH is 1. The molecule has 0 amide bonds. The van der Waals surface area contributed by atoms with E-state index >= 15 is 0 Å². The zero-order chi connectivity index (χ0) is 18.9. The second-order valence-corrected chi connectivity index (χ2v) is 7.13. The number of aliphatic hydroxyl groups is 1. The molecule has 1 aliphatic rings. The van der Waals surface area contributed by atoms with Crippen molar-refractivity contribution in [2.45, 2.75) is 19.1 Å². The molecule has 1 unspecified atom stereocenters. The lowest BCUT2D eigenvalue weighted by Gasteiger charge is -2.35. The molecule has 1 heterocycles. The molecule has 0 aromatic heterocycles. The normalized spacial score (nSPS) is 15.6. The van der Waals surface area contributed by atoms with Gasteiger partial charge in [-0.1, -0.05) is 54.6 Å². The van der Waals surface area contributed by atoms with Gasteiger partial charge in [0.05, 0.1) is 0 Å². The number of β-amino-alcohol motifs (C(OH)–C–C–N with tert-alkyl or cyclic N) is 1. The van der Waals surface area contributed by atoms with Crippen LogP contribution in [0.1, 0.15) is 11.1 Å². The van der Waals surface area contributed by atoms with E-state index in [1.807, 2.05) is 30.3 Å². The Balaban J connectivity index is 0.00000210. The first-order valence-corrected chi connectivity index (χ1v) is 9.73. The second-order valence-electron chi connectivity index (χ2n) is 7.13. The van der Waals surface area contributed by atoms with Crippen molar-refractivity contribution in [2.75, 3.05) is 39.3 Å². The summed E-state index contributed by atoms with van der Waals surface area (Å²) in [5, 5.41) is 10.4. The van der Waals surface area contributed by atoms with Gasteiger partial charge in [-0.15, -0.1) is 6.58 Å². The molecule has 1 saturated heterocycles. The third kappa shape index (κ3) is 8.37. The predicted octanol–water partition coefficient (Wildman–Crippen LogP) is -3.02. The maximum Gasteiger partial charge on any atom is 0.122 e. The van der Waals surface area contributed by atoms with E-state index in [1.54, 1.807) is 0 Å². The van der Waals surface area contributed by atoms with Gasteiger partial charge in [-0.25, -0.2) is 0 Å². The van der Waals surface area contributed by atoms with Crippen LogP contribution in [0.3, 0.4) is 0 Å². The fourth-order valence-corrected chi connectivity index (χ4v) is 3.48. The minimum atomic E-state index is -0.484. The first-order valence-electron chi connectivity index (χ1n) is 9.73. The maximum absolute atomic E-state index is 10.4. The van der Waals surface area contributed by atoms with Crippen molar-refractivity contribution >= 4 is 0 Å². The quantitative estimate of drug-likeness (QED) is 0.424. The van der Waals surface area contributed by atoms with Crippen molar-refractivity contribution < 1.29 is 34.7 Å². The Hall–Kier alpha value is -1.56. The molecule has 1 N–H and O–H groups in total. The Morgan fingerprint density at radius 2 is 1.55 bits per heavy atom. The molecule has 2 aromatic carbocycles. The molecule has 4 nitrogen and oxygen atoms in total. The molecule has 0 spiro atoms. The highest BCUT2D eigenvalue weighted by Gasteiger charge is 2.19. The standard InChI is InChI=1S/C23H30N2O2.2ClH/c1-2-8-21-11-6-7-12-23(21)27-19-22(26)18-25-15-13-24(14-16-25)17-20-9-4-3-5-10-20;;/h2-7,9-12,22,26H,1,8,13-19H2;2*1H/p-2. The fraction of sp³-hybridized carbons (Fsp3) is 0.391. The summed E-state index contributed by atoms with van der Waals surface area (Å²) in [5.74, 6) is 0.837. The molecule has 0 aliphatic carbocycles. The first kappa shape index (κ1) is 25.5. The van der Waals surface area contributed by atoms with Crippen LogP contribution in [0.25, 0.3) is 0 Å². The number of hydrogen-bond acceptors (Lipinski definition) is 4. The van der Waals surface area contributed by atoms with Gasteiger partial charge in [0.2, 0.25) is 0 Å². The number of ether oxygens (including phenoxy) is 1. The lowest BCUT2D eigenvalue weighted by molar-refractivity contribution is -0.00100. The summed E-state index contributed by atoms with van der Waals surface area (Å²) in [6.45, 7) is 9.79. The molecule has 2 aromatic rings. The molecule has 0 radical (unpaired) electrons. The average Bonchev–Trinajstić information content (AvgIpc) is 2.70. The number of piperazine rings is 1. The van der Waals surface area contributed by atoms with Crippen LogP contribution in [0.5, 0.6) is 5.75 Å². The number of benzene rings is 2. The summed E-state index contributed by atoms with van der Waals surface area (Å²) in [6.07, 6.45) is 2.16. The summed E-state index contributed by atoms with van der Waals surface area (Å²) in [4.78, 5) is 4.80. The minimum absolute atomic E-state index is 0. The van der Waals surface area contributed by atoms with E-state index in [1.165, 1.54) is 5.56 Å². The molecule has 0 saturated carbocycles. The van der Waals surface area contributed by atoms with E-state index in [9.17, 15) is 5.11 Å². The lowest BCUT2D eigenvalue weighted by atomic mass is 10.1. The second kappa shape index (κ2) is 13.6. The van der Waals surface area contributed by atoms with Gasteiger partial charge in [-0.05, 0) is 23.6 Å². The molecule has 1 aliphatic heterocycles. The zero-order valence-electron chi connectivity index (χ0n) is 16.7. The van der Waals surface area contributed by atoms with Crippen molar-refractivity contribution in [3.8, 4) is 5.75 Å². The highest BCUT2D eigenvalue weighted by Crippen LogP contribution is 2.19. The Kier molecular flexibility index (Phi) is 12.0. The van der Waals surface area contributed by atoms with Gasteiger partial charge < -0.3 is 34.7 Å². The van der Waals surface area contributed by atoms with Gasteiger partial charge in [0, 0.05) is 39.3 Å². The van der Waals surface area contributed by atoms with E-state index in [-0.39, 0.29) is 24.8 Å². The Morgan fingerprint density at radius 1 is 0.931 bits per heavy atom. The van der Waals surface area contributed by atoms with Gasteiger partial charge in [0.1, 0.15) is 18.5 Å². The topological polar surface area (TPSA) is 35.9 Å². The third-order valence-electron chi connectivity index (χ3n) is 4.95. The molecular weight excluding hydrogens is 407 g/mol. The van der Waals surface area contributed by atoms with Crippen LogP contribution < -0.4 is 29.6 Å². The van der Waals surface area contributed by atoms with Gasteiger partial charge in [0.15, 0.2) is 0 Å². The number of para-hydroxylation sites is 1. The van der Waals surface area contributed by atoms with Crippen molar-refractivity contribution in [1.29, 1.82) is 0 Å². The SMILES string of the molecule is C=CCc1ccccc1OCC(O)CN1CCN(Cc2ccccc2)CC1.[Cl-].[Cl-]. The molecule has 1 atom stereocenters. The molecular formula is C23H30Cl2N2O2-2. The van der Waals surface area contributed by atoms with E-state index in [4.69, 9.17) is 4.74 Å². The van der Waals surface area contributed by atoms with Gasteiger partial charge in [0.25, 0.3) is 0 Å². The van der Waals surface area contributed by atoms with E-state index in [2.05, 4.69) is 46.7 Å². The lowest BCUT2D eigenvalue weighted by Crippen LogP contribution is -3.00. The van der Waals surface area contributed by atoms with E-state index in [0.717, 1.165) is 50.5 Å². The van der Waals surface area contributed by atoms with E-state index in [0.29, 0.717) is 13.2 Å². The summed E-state index contributed by atoms with van der Waals surface area (Å²) in [6, 6.07) is 18.5. The highest BCUT2D eigenvalue weighted by atomic mass is 35.5. The number of nitrogens with zero attached hydrogens (tertiary/aromatic N) is 2. The minimum Gasteiger partial charge on any atom is -1.00 e. The number of hydrogen-bond donors (Lipinski definition) is 1. The van der Waals surface area contributed by atoms with Crippen molar-refractivity contribution in [2.24, 2.45) is 0 Å². The number of halogens is 2. The number of allylic oxidation sites excluding steroid dienone is 1. The van der Waals surface area contributed by atoms with E-state index < -0.39 is 6.10 Å². The fourth-order valence-electron chi connectivity index (χ4n) is 3.48. The van der Waals surface area contributed by atoms with Crippen LogP contribution in [-0.4, -0.2) is 60.3 Å². The summed E-state index contributed by atoms with van der Waals surface area (Å²) >= 11 is 0. The van der Waals surface area contributed by atoms with Crippen molar-refractivity contribution in [1.82, 2.24) is 9.80 Å².